The van der Waals surface area contributed by atoms with Crippen LogP contribution in [0.1, 0.15) is 44.0 Å². The summed E-state index contributed by atoms with van der Waals surface area (Å²) >= 11 is 0. The number of hydrogen-bond donors (Lipinski definition) is 1. The third-order valence-corrected chi connectivity index (χ3v) is 4.97. The third kappa shape index (κ3) is 3.60. The van der Waals surface area contributed by atoms with Gasteiger partial charge in [-0.05, 0) is 62.1 Å². The first-order chi connectivity index (χ1) is 12.0. The molecule has 25 heavy (non-hydrogen) atoms. The normalized spacial score (nSPS) is 15.2. The number of H-pyrrole nitrogens is 1. The van der Waals surface area contributed by atoms with Gasteiger partial charge in [0.2, 0.25) is 0 Å². The quantitative estimate of drug-likeness (QED) is 0.914. The molecule has 3 rings (SSSR count). The van der Waals surface area contributed by atoms with Crippen molar-refractivity contribution in [2.45, 2.75) is 27.2 Å². The van der Waals surface area contributed by atoms with Gasteiger partial charge in [-0.2, -0.15) is 0 Å². The Bertz CT molecular complexity index is 780. The van der Waals surface area contributed by atoms with E-state index in [4.69, 9.17) is 0 Å². The number of rotatable bonds is 2. The van der Waals surface area contributed by atoms with Gasteiger partial charge in [0.05, 0.1) is 0 Å². The van der Waals surface area contributed by atoms with E-state index in [2.05, 4.69) is 18.0 Å². The summed E-state index contributed by atoms with van der Waals surface area (Å²) in [5, 5.41) is 0. The number of hydrogen-bond acceptors (Lipinski definition) is 2. The summed E-state index contributed by atoms with van der Waals surface area (Å²) < 4.78 is 0. The standard InChI is InChI=1S/C20H25N3O2/c1-14-12-16(3)17(13-15(14)2)19(24)22-8-5-9-23(11-10-22)20(25)18-6-4-7-21-18/h4,6-7,12-13,21H,5,8-11H2,1-3H3. The number of nitrogens with one attached hydrogen (secondary N) is 1. The zero-order chi connectivity index (χ0) is 18.0. The topological polar surface area (TPSA) is 56.4 Å². The second kappa shape index (κ2) is 7.13. The molecule has 0 unspecified atom stereocenters. The Morgan fingerprint density at radius 3 is 2.16 bits per heavy atom. The maximum absolute atomic E-state index is 13.0. The average molecular weight is 339 g/mol. The van der Waals surface area contributed by atoms with Crippen LogP contribution >= 0.6 is 0 Å². The van der Waals surface area contributed by atoms with Gasteiger partial charge in [-0.25, -0.2) is 0 Å². The molecule has 2 aromatic rings. The molecule has 5 nitrogen and oxygen atoms in total. The molecule has 5 heteroatoms. The number of aryl methyl sites for hydroxylation is 3. The van der Waals surface area contributed by atoms with Crippen LogP contribution in [-0.2, 0) is 0 Å². The highest BCUT2D eigenvalue weighted by Gasteiger charge is 2.24. The Morgan fingerprint density at radius 2 is 1.52 bits per heavy atom. The van der Waals surface area contributed by atoms with E-state index >= 15 is 0 Å². The largest absolute Gasteiger partial charge is 0.357 e. The van der Waals surface area contributed by atoms with Crippen molar-refractivity contribution in [1.82, 2.24) is 14.8 Å². The van der Waals surface area contributed by atoms with Crippen LogP contribution in [0, 0.1) is 20.8 Å². The van der Waals surface area contributed by atoms with E-state index in [9.17, 15) is 9.59 Å². The fraction of sp³-hybridized carbons (Fsp3) is 0.400. The van der Waals surface area contributed by atoms with Crippen molar-refractivity contribution in [1.29, 1.82) is 0 Å². The summed E-state index contributed by atoms with van der Waals surface area (Å²) in [6.45, 7) is 8.56. The van der Waals surface area contributed by atoms with Crippen molar-refractivity contribution >= 4 is 11.8 Å². The Hall–Kier alpha value is -2.56. The maximum atomic E-state index is 13.0. The van der Waals surface area contributed by atoms with Crippen molar-refractivity contribution in [3.63, 3.8) is 0 Å². The monoisotopic (exact) mass is 339 g/mol. The van der Waals surface area contributed by atoms with Crippen molar-refractivity contribution < 1.29 is 9.59 Å². The predicted octanol–water partition coefficient (Wildman–Crippen LogP) is 2.93. The summed E-state index contributed by atoms with van der Waals surface area (Å²) in [4.78, 5) is 32.1. The summed E-state index contributed by atoms with van der Waals surface area (Å²) in [6, 6.07) is 7.67. The Balaban J connectivity index is 1.72. The van der Waals surface area contributed by atoms with E-state index in [1.807, 2.05) is 35.8 Å². The highest BCUT2D eigenvalue weighted by molar-refractivity contribution is 5.96. The fourth-order valence-corrected chi connectivity index (χ4v) is 3.32. The molecule has 1 aliphatic rings. The molecule has 0 atom stereocenters. The molecular formula is C20H25N3O2. The van der Waals surface area contributed by atoms with E-state index in [0.29, 0.717) is 31.9 Å². The van der Waals surface area contributed by atoms with Crippen LogP contribution < -0.4 is 0 Å². The molecule has 0 bridgehead atoms. The minimum absolute atomic E-state index is 0.00154. The molecule has 1 aromatic carbocycles. The highest BCUT2D eigenvalue weighted by atomic mass is 16.2. The number of nitrogens with zero attached hydrogens (tertiary/aromatic N) is 2. The van der Waals surface area contributed by atoms with Crippen LogP contribution in [0.25, 0.3) is 0 Å². The Labute approximate surface area is 148 Å². The second-order valence-corrected chi connectivity index (χ2v) is 6.77. The molecule has 1 aromatic heterocycles. The zero-order valence-corrected chi connectivity index (χ0v) is 15.1. The van der Waals surface area contributed by atoms with Crippen LogP contribution in [0.15, 0.2) is 30.5 Å². The molecule has 132 valence electrons. The number of carbonyl (C=O) groups is 2. The molecule has 1 saturated heterocycles. The maximum Gasteiger partial charge on any atom is 0.270 e. The lowest BCUT2D eigenvalue weighted by Crippen LogP contribution is -2.37. The van der Waals surface area contributed by atoms with Crippen molar-refractivity contribution in [3.8, 4) is 0 Å². The van der Waals surface area contributed by atoms with Gasteiger partial charge < -0.3 is 14.8 Å². The van der Waals surface area contributed by atoms with Crippen LogP contribution in [0.3, 0.4) is 0 Å². The molecule has 0 aliphatic carbocycles. The van der Waals surface area contributed by atoms with E-state index < -0.39 is 0 Å². The first-order valence-corrected chi connectivity index (χ1v) is 8.77. The lowest BCUT2D eigenvalue weighted by molar-refractivity contribution is 0.0715. The molecule has 1 fully saturated rings. The molecular weight excluding hydrogens is 314 g/mol. The number of carbonyl (C=O) groups excluding carboxylic acids is 2. The van der Waals surface area contributed by atoms with Gasteiger partial charge in [0.1, 0.15) is 5.69 Å². The molecule has 0 saturated carbocycles. The van der Waals surface area contributed by atoms with Gasteiger partial charge in [-0.15, -0.1) is 0 Å². The summed E-state index contributed by atoms with van der Waals surface area (Å²) in [6.07, 6.45) is 2.55. The van der Waals surface area contributed by atoms with Gasteiger partial charge >= 0.3 is 0 Å². The fourth-order valence-electron chi connectivity index (χ4n) is 3.32. The summed E-state index contributed by atoms with van der Waals surface area (Å²) in [7, 11) is 0. The number of benzene rings is 1. The average Bonchev–Trinajstić information content (AvgIpc) is 3.01. The summed E-state index contributed by atoms with van der Waals surface area (Å²) in [5.41, 5.74) is 4.72. The van der Waals surface area contributed by atoms with Crippen molar-refractivity contribution in [3.05, 3.63) is 58.4 Å². The molecule has 0 radical (unpaired) electrons. The van der Waals surface area contributed by atoms with E-state index in [0.717, 1.165) is 23.1 Å². The SMILES string of the molecule is Cc1cc(C)c(C(=O)N2CCCN(C(=O)c3ccc[nH]3)CC2)cc1C. The van der Waals surface area contributed by atoms with E-state index in [-0.39, 0.29) is 11.8 Å². The van der Waals surface area contributed by atoms with Gasteiger partial charge in [0.15, 0.2) is 0 Å². The van der Waals surface area contributed by atoms with Crippen molar-refractivity contribution in [2.24, 2.45) is 0 Å². The van der Waals surface area contributed by atoms with E-state index in [1.165, 1.54) is 5.56 Å². The minimum atomic E-state index is 0.00154. The number of aromatic amines is 1. The zero-order valence-electron chi connectivity index (χ0n) is 15.1. The molecule has 2 heterocycles. The first kappa shape index (κ1) is 17.3. The van der Waals surface area contributed by atoms with Gasteiger partial charge in [-0.3, -0.25) is 9.59 Å². The van der Waals surface area contributed by atoms with Crippen LogP contribution in [0.2, 0.25) is 0 Å². The number of aromatic nitrogens is 1. The third-order valence-electron chi connectivity index (χ3n) is 4.97. The van der Waals surface area contributed by atoms with E-state index in [1.54, 1.807) is 12.3 Å². The van der Waals surface area contributed by atoms with Crippen molar-refractivity contribution in [2.75, 3.05) is 26.2 Å². The van der Waals surface area contributed by atoms with Crippen LogP contribution in [0.5, 0.6) is 0 Å². The molecule has 1 aliphatic heterocycles. The van der Waals surface area contributed by atoms with Gasteiger partial charge in [0, 0.05) is 37.9 Å². The van der Waals surface area contributed by atoms with Crippen LogP contribution in [0.4, 0.5) is 0 Å². The lowest BCUT2D eigenvalue weighted by Gasteiger charge is -2.23. The smallest absolute Gasteiger partial charge is 0.270 e. The summed E-state index contributed by atoms with van der Waals surface area (Å²) in [5.74, 6) is 0.0661. The number of amides is 2. The Morgan fingerprint density at radius 1 is 0.880 bits per heavy atom. The molecule has 2 amide bonds. The van der Waals surface area contributed by atoms with Gasteiger partial charge in [0.25, 0.3) is 11.8 Å². The highest BCUT2D eigenvalue weighted by Crippen LogP contribution is 2.18. The molecule has 0 spiro atoms. The predicted molar refractivity (Wildman–Crippen MR) is 97.9 cm³/mol. The minimum Gasteiger partial charge on any atom is -0.357 e. The van der Waals surface area contributed by atoms with Crippen LogP contribution in [-0.4, -0.2) is 52.8 Å². The Kier molecular flexibility index (Phi) is 4.93. The lowest BCUT2D eigenvalue weighted by atomic mass is 10.00. The second-order valence-electron chi connectivity index (χ2n) is 6.77. The molecule has 1 N–H and O–H groups in total. The first-order valence-electron chi connectivity index (χ1n) is 8.77. The van der Waals surface area contributed by atoms with Gasteiger partial charge in [-0.1, -0.05) is 6.07 Å².